The fourth-order valence-electron chi connectivity index (χ4n) is 4.26. The summed E-state index contributed by atoms with van der Waals surface area (Å²) >= 11 is 0. The van der Waals surface area contributed by atoms with Gasteiger partial charge in [-0.05, 0) is 31.8 Å². The van der Waals surface area contributed by atoms with Crippen molar-refractivity contribution in [1.82, 2.24) is 20.0 Å². The topological polar surface area (TPSA) is 55.9 Å². The van der Waals surface area contributed by atoms with Gasteiger partial charge in [-0.1, -0.05) is 26.2 Å². The summed E-state index contributed by atoms with van der Waals surface area (Å²) in [6.45, 7) is 7.62. The van der Waals surface area contributed by atoms with Gasteiger partial charge in [0.05, 0.1) is 6.54 Å². The van der Waals surface area contributed by atoms with Gasteiger partial charge < -0.3 is 15.1 Å². The molecule has 25 heavy (non-hydrogen) atoms. The monoisotopic (exact) mass is 350 g/mol. The molecule has 142 valence electrons. The van der Waals surface area contributed by atoms with E-state index in [4.69, 9.17) is 0 Å². The van der Waals surface area contributed by atoms with E-state index in [2.05, 4.69) is 17.1 Å². The van der Waals surface area contributed by atoms with Gasteiger partial charge in [0.1, 0.15) is 0 Å². The van der Waals surface area contributed by atoms with Gasteiger partial charge in [0.15, 0.2) is 0 Å². The maximum Gasteiger partial charge on any atom is 0.236 e. The first-order valence-corrected chi connectivity index (χ1v) is 10.0. The summed E-state index contributed by atoms with van der Waals surface area (Å²) in [7, 11) is 1.96. The molecule has 0 bridgehead atoms. The summed E-state index contributed by atoms with van der Waals surface area (Å²) in [5.74, 6) is 1.14. The predicted molar refractivity (Wildman–Crippen MR) is 98.2 cm³/mol. The highest BCUT2D eigenvalue weighted by molar-refractivity contribution is 5.79. The number of rotatable bonds is 5. The van der Waals surface area contributed by atoms with Gasteiger partial charge >= 0.3 is 0 Å². The van der Waals surface area contributed by atoms with Crippen molar-refractivity contribution in [2.45, 2.75) is 45.1 Å². The number of hydrogen-bond donors (Lipinski definition) is 1. The van der Waals surface area contributed by atoms with E-state index < -0.39 is 0 Å². The van der Waals surface area contributed by atoms with Crippen LogP contribution in [0.5, 0.6) is 0 Å². The van der Waals surface area contributed by atoms with Crippen LogP contribution in [-0.4, -0.2) is 85.4 Å². The van der Waals surface area contributed by atoms with Gasteiger partial charge in [-0.25, -0.2) is 0 Å². The zero-order chi connectivity index (χ0) is 17.8. The molecule has 1 unspecified atom stereocenters. The van der Waals surface area contributed by atoms with E-state index in [0.29, 0.717) is 18.5 Å². The quantitative estimate of drug-likeness (QED) is 0.796. The number of carbonyl (C=O) groups excluding carboxylic acids is 2. The van der Waals surface area contributed by atoms with E-state index in [0.717, 1.165) is 52.1 Å². The SMILES string of the molecule is CC(C(=O)N1CCN(CC(=O)N(C)C2CCCCC2)CC1)C1CNC1. The van der Waals surface area contributed by atoms with Crippen molar-refractivity contribution in [2.24, 2.45) is 11.8 Å². The summed E-state index contributed by atoms with van der Waals surface area (Å²) in [6, 6.07) is 0.432. The fourth-order valence-corrected chi connectivity index (χ4v) is 4.26. The lowest BCUT2D eigenvalue weighted by molar-refractivity contribution is -0.140. The molecule has 0 spiro atoms. The van der Waals surface area contributed by atoms with E-state index in [9.17, 15) is 9.59 Å². The molecule has 3 rings (SSSR count). The van der Waals surface area contributed by atoms with Crippen molar-refractivity contribution in [2.75, 3.05) is 52.9 Å². The number of amides is 2. The minimum absolute atomic E-state index is 0.117. The summed E-state index contributed by atoms with van der Waals surface area (Å²) in [6.07, 6.45) is 6.11. The summed E-state index contributed by atoms with van der Waals surface area (Å²) in [4.78, 5) is 31.3. The van der Waals surface area contributed by atoms with E-state index in [1.165, 1.54) is 19.3 Å². The van der Waals surface area contributed by atoms with Crippen LogP contribution in [0.2, 0.25) is 0 Å². The first-order valence-electron chi connectivity index (χ1n) is 10.0. The summed E-state index contributed by atoms with van der Waals surface area (Å²) in [5.41, 5.74) is 0. The second-order valence-corrected chi connectivity index (χ2v) is 8.10. The zero-order valence-corrected chi connectivity index (χ0v) is 15.9. The van der Waals surface area contributed by atoms with Gasteiger partial charge in [-0.15, -0.1) is 0 Å². The van der Waals surface area contributed by atoms with Crippen molar-refractivity contribution in [3.63, 3.8) is 0 Å². The molecule has 0 aromatic rings. The van der Waals surface area contributed by atoms with Crippen molar-refractivity contribution < 1.29 is 9.59 Å². The van der Waals surface area contributed by atoms with Crippen LogP contribution >= 0.6 is 0 Å². The average molecular weight is 351 g/mol. The number of carbonyl (C=O) groups is 2. The maximum atomic E-state index is 12.6. The Labute approximate surface area is 151 Å². The van der Waals surface area contributed by atoms with Crippen LogP contribution in [0.3, 0.4) is 0 Å². The number of nitrogens with zero attached hydrogens (tertiary/aromatic N) is 3. The molecule has 3 aliphatic rings. The van der Waals surface area contributed by atoms with Crippen molar-refractivity contribution >= 4 is 11.8 Å². The Hall–Kier alpha value is -1.14. The second-order valence-electron chi connectivity index (χ2n) is 8.10. The minimum Gasteiger partial charge on any atom is -0.342 e. The van der Waals surface area contributed by atoms with Crippen molar-refractivity contribution in [1.29, 1.82) is 0 Å². The summed E-state index contributed by atoms with van der Waals surface area (Å²) in [5, 5.41) is 3.24. The van der Waals surface area contributed by atoms with Gasteiger partial charge in [0.25, 0.3) is 0 Å². The normalized spacial score (nSPS) is 24.6. The third kappa shape index (κ3) is 4.53. The minimum atomic E-state index is 0.117. The molecule has 0 aromatic heterocycles. The highest BCUT2D eigenvalue weighted by Crippen LogP contribution is 2.22. The van der Waals surface area contributed by atoms with Gasteiger partial charge in [-0.2, -0.15) is 0 Å². The average Bonchev–Trinajstić information content (AvgIpc) is 2.60. The number of piperazine rings is 1. The Morgan fingerprint density at radius 3 is 2.28 bits per heavy atom. The Morgan fingerprint density at radius 2 is 1.72 bits per heavy atom. The van der Waals surface area contributed by atoms with Gasteiger partial charge in [0.2, 0.25) is 11.8 Å². The highest BCUT2D eigenvalue weighted by atomic mass is 16.2. The third-order valence-corrected chi connectivity index (χ3v) is 6.47. The van der Waals surface area contributed by atoms with Crippen molar-refractivity contribution in [3.8, 4) is 0 Å². The van der Waals surface area contributed by atoms with Gasteiger partial charge in [0, 0.05) is 45.2 Å². The lowest BCUT2D eigenvalue weighted by Crippen LogP contribution is -2.55. The third-order valence-electron chi connectivity index (χ3n) is 6.47. The summed E-state index contributed by atoms with van der Waals surface area (Å²) < 4.78 is 0. The fraction of sp³-hybridized carbons (Fsp3) is 0.895. The molecule has 6 heteroatoms. The van der Waals surface area contributed by atoms with Crippen molar-refractivity contribution in [3.05, 3.63) is 0 Å². The molecule has 2 aliphatic heterocycles. The molecular weight excluding hydrogens is 316 g/mol. The molecular formula is C19H34N4O2. The molecule has 1 N–H and O–H groups in total. The molecule has 2 saturated heterocycles. The van der Waals surface area contributed by atoms with Crippen LogP contribution in [0.25, 0.3) is 0 Å². The predicted octanol–water partition coefficient (Wildman–Crippen LogP) is 0.777. The van der Waals surface area contributed by atoms with Crippen LogP contribution < -0.4 is 5.32 Å². The highest BCUT2D eigenvalue weighted by Gasteiger charge is 2.33. The molecule has 3 fully saturated rings. The van der Waals surface area contributed by atoms with Crippen LogP contribution in [0.15, 0.2) is 0 Å². The number of nitrogens with one attached hydrogen (secondary N) is 1. The van der Waals surface area contributed by atoms with Crippen LogP contribution in [0, 0.1) is 11.8 Å². The van der Waals surface area contributed by atoms with E-state index >= 15 is 0 Å². The first-order chi connectivity index (χ1) is 12.1. The van der Waals surface area contributed by atoms with E-state index in [-0.39, 0.29) is 17.7 Å². The van der Waals surface area contributed by atoms with Crippen LogP contribution in [0.1, 0.15) is 39.0 Å². The maximum absolute atomic E-state index is 12.6. The molecule has 2 amide bonds. The Bertz CT molecular complexity index is 466. The molecule has 2 heterocycles. The lowest BCUT2D eigenvalue weighted by atomic mass is 9.88. The zero-order valence-electron chi connectivity index (χ0n) is 15.9. The Balaban J connectivity index is 1.41. The standard InChI is InChI=1S/C19H34N4O2/c1-15(16-12-20-13-16)19(25)23-10-8-22(9-11-23)14-18(24)21(2)17-6-4-3-5-7-17/h15-17,20H,3-14H2,1-2H3. The molecule has 1 aliphatic carbocycles. The lowest BCUT2D eigenvalue weighted by Gasteiger charge is -2.39. The smallest absolute Gasteiger partial charge is 0.236 e. The van der Waals surface area contributed by atoms with E-state index in [1.54, 1.807) is 0 Å². The molecule has 1 atom stereocenters. The van der Waals surface area contributed by atoms with Gasteiger partial charge in [-0.3, -0.25) is 14.5 Å². The molecule has 0 aromatic carbocycles. The van der Waals surface area contributed by atoms with Crippen LogP contribution in [0.4, 0.5) is 0 Å². The molecule has 0 radical (unpaired) electrons. The largest absolute Gasteiger partial charge is 0.342 e. The Kier molecular flexibility index (Phi) is 6.34. The van der Waals surface area contributed by atoms with Crippen LogP contribution in [-0.2, 0) is 9.59 Å². The molecule has 6 nitrogen and oxygen atoms in total. The first kappa shape index (κ1) is 18.6. The Morgan fingerprint density at radius 1 is 1.08 bits per heavy atom. The molecule has 1 saturated carbocycles. The number of hydrogen-bond acceptors (Lipinski definition) is 4. The van der Waals surface area contributed by atoms with E-state index in [1.807, 2.05) is 16.8 Å². The second kappa shape index (κ2) is 8.49. The number of likely N-dealkylation sites (N-methyl/N-ethyl adjacent to an activating group) is 1.